The molecular weight excluding hydrogens is 232 g/mol. The number of amides is 1. The molecule has 2 N–H and O–H groups in total. The Bertz CT molecular complexity index is 248. The SMILES string of the molecule is CC[C@H](C)[C@H](N)C(=O)N1CCCC(SC)CC1. The van der Waals surface area contributed by atoms with Crippen LogP contribution in [0.1, 0.15) is 39.5 Å². The molecule has 0 saturated carbocycles. The first-order valence-electron chi connectivity index (χ1n) is 6.67. The Morgan fingerprint density at radius 3 is 2.76 bits per heavy atom. The van der Waals surface area contributed by atoms with Crippen molar-refractivity contribution in [3.8, 4) is 0 Å². The minimum Gasteiger partial charge on any atom is -0.341 e. The number of carbonyl (C=O) groups is 1. The number of nitrogens with two attached hydrogens (primary N) is 1. The van der Waals surface area contributed by atoms with Crippen LogP contribution in [0.3, 0.4) is 0 Å². The van der Waals surface area contributed by atoms with Crippen LogP contribution in [0.4, 0.5) is 0 Å². The Morgan fingerprint density at radius 1 is 1.47 bits per heavy atom. The van der Waals surface area contributed by atoms with Gasteiger partial charge in [0.1, 0.15) is 0 Å². The second-order valence-electron chi connectivity index (χ2n) is 5.03. The van der Waals surface area contributed by atoms with Gasteiger partial charge in [0, 0.05) is 18.3 Å². The van der Waals surface area contributed by atoms with Crippen LogP contribution in [0.25, 0.3) is 0 Å². The van der Waals surface area contributed by atoms with Crippen LogP contribution < -0.4 is 5.73 Å². The van der Waals surface area contributed by atoms with Gasteiger partial charge < -0.3 is 10.6 Å². The first-order valence-corrected chi connectivity index (χ1v) is 7.96. The van der Waals surface area contributed by atoms with Crippen molar-refractivity contribution >= 4 is 17.7 Å². The maximum absolute atomic E-state index is 12.2. The number of thioether (sulfide) groups is 1. The molecule has 4 heteroatoms. The molecule has 1 saturated heterocycles. The molecule has 0 aromatic rings. The molecule has 1 heterocycles. The predicted molar refractivity (Wildman–Crippen MR) is 75.2 cm³/mol. The number of hydrogen-bond acceptors (Lipinski definition) is 3. The standard InChI is InChI=1S/C13H26N2OS/c1-4-10(2)12(14)13(16)15-8-5-6-11(17-3)7-9-15/h10-12H,4-9,14H2,1-3H3/t10-,11?,12-/m0/s1. The number of carbonyl (C=O) groups excluding carboxylic acids is 1. The summed E-state index contributed by atoms with van der Waals surface area (Å²) in [5.41, 5.74) is 6.02. The molecule has 1 amide bonds. The smallest absolute Gasteiger partial charge is 0.239 e. The van der Waals surface area contributed by atoms with Gasteiger partial charge in [-0.1, -0.05) is 20.3 Å². The molecule has 1 fully saturated rings. The Balaban J connectivity index is 2.52. The van der Waals surface area contributed by atoms with E-state index in [0.29, 0.717) is 5.25 Å². The molecule has 3 atom stereocenters. The minimum absolute atomic E-state index is 0.154. The first-order chi connectivity index (χ1) is 8.10. The van der Waals surface area contributed by atoms with Crippen LogP contribution in [-0.2, 0) is 4.79 Å². The van der Waals surface area contributed by atoms with Crippen molar-refractivity contribution in [2.45, 2.75) is 50.8 Å². The molecule has 1 aliphatic rings. The van der Waals surface area contributed by atoms with E-state index in [1.54, 1.807) is 0 Å². The summed E-state index contributed by atoms with van der Waals surface area (Å²) >= 11 is 1.92. The number of rotatable bonds is 4. The van der Waals surface area contributed by atoms with Crippen molar-refractivity contribution in [2.75, 3.05) is 19.3 Å². The molecule has 0 spiro atoms. The van der Waals surface area contributed by atoms with Gasteiger partial charge in [-0.15, -0.1) is 0 Å². The highest BCUT2D eigenvalue weighted by Crippen LogP contribution is 2.22. The number of likely N-dealkylation sites (tertiary alicyclic amines) is 1. The lowest BCUT2D eigenvalue weighted by Gasteiger charge is -2.26. The van der Waals surface area contributed by atoms with Crippen LogP contribution in [0.15, 0.2) is 0 Å². The zero-order valence-electron chi connectivity index (χ0n) is 11.3. The lowest BCUT2D eigenvalue weighted by Crippen LogP contribution is -2.47. The van der Waals surface area contributed by atoms with Crippen molar-refractivity contribution in [2.24, 2.45) is 11.7 Å². The molecule has 0 aliphatic carbocycles. The van der Waals surface area contributed by atoms with Crippen LogP contribution in [0.5, 0.6) is 0 Å². The second kappa shape index (κ2) is 7.27. The van der Waals surface area contributed by atoms with Crippen LogP contribution in [0, 0.1) is 5.92 Å². The lowest BCUT2D eigenvalue weighted by atomic mass is 9.99. The van der Waals surface area contributed by atoms with Gasteiger partial charge in [-0.25, -0.2) is 0 Å². The largest absolute Gasteiger partial charge is 0.341 e. The molecular formula is C13H26N2OS. The summed E-state index contributed by atoms with van der Waals surface area (Å²) in [7, 11) is 0. The van der Waals surface area contributed by atoms with E-state index in [2.05, 4.69) is 20.1 Å². The highest BCUT2D eigenvalue weighted by atomic mass is 32.2. The fourth-order valence-electron chi connectivity index (χ4n) is 2.23. The van der Waals surface area contributed by atoms with Gasteiger partial charge in [0.05, 0.1) is 6.04 Å². The van der Waals surface area contributed by atoms with E-state index in [1.807, 2.05) is 16.7 Å². The Morgan fingerprint density at radius 2 is 2.18 bits per heavy atom. The highest BCUT2D eigenvalue weighted by Gasteiger charge is 2.26. The topological polar surface area (TPSA) is 46.3 Å². The van der Waals surface area contributed by atoms with Crippen molar-refractivity contribution < 1.29 is 4.79 Å². The second-order valence-corrected chi connectivity index (χ2v) is 6.16. The molecule has 1 unspecified atom stereocenters. The van der Waals surface area contributed by atoms with E-state index >= 15 is 0 Å². The van der Waals surface area contributed by atoms with Crippen molar-refractivity contribution in [1.29, 1.82) is 0 Å². The summed E-state index contributed by atoms with van der Waals surface area (Å²) < 4.78 is 0. The molecule has 100 valence electrons. The summed E-state index contributed by atoms with van der Waals surface area (Å²) in [6.07, 6.45) is 6.58. The first kappa shape index (κ1) is 14.8. The summed E-state index contributed by atoms with van der Waals surface area (Å²) in [6.45, 7) is 5.92. The third-order valence-corrected chi connectivity index (χ3v) is 5.00. The van der Waals surface area contributed by atoms with Crippen molar-refractivity contribution in [3.05, 3.63) is 0 Å². The minimum atomic E-state index is -0.314. The molecule has 0 bridgehead atoms. The van der Waals surface area contributed by atoms with Crippen LogP contribution >= 0.6 is 11.8 Å². The summed E-state index contributed by atoms with van der Waals surface area (Å²) in [5, 5.41) is 0.715. The third kappa shape index (κ3) is 4.18. The fraction of sp³-hybridized carbons (Fsp3) is 0.923. The van der Waals surface area contributed by atoms with E-state index in [4.69, 9.17) is 5.73 Å². The highest BCUT2D eigenvalue weighted by molar-refractivity contribution is 7.99. The maximum Gasteiger partial charge on any atom is 0.239 e. The number of hydrogen-bond donors (Lipinski definition) is 1. The zero-order valence-corrected chi connectivity index (χ0v) is 12.1. The van der Waals surface area contributed by atoms with E-state index in [9.17, 15) is 4.79 Å². The van der Waals surface area contributed by atoms with Gasteiger partial charge in [0.2, 0.25) is 5.91 Å². The molecule has 3 nitrogen and oxygen atoms in total. The van der Waals surface area contributed by atoms with E-state index in [1.165, 1.54) is 6.42 Å². The average molecular weight is 258 g/mol. The summed E-state index contributed by atoms with van der Waals surface area (Å²) in [6, 6.07) is -0.314. The van der Waals surface area contributed by atoms with Gasteiger partial charge >= 0.3 is 0 Å². The van der Waals surface area contributed by atoms with E-state index in [-0.39, 0.29) is 17.9 Å². The Labute approximate surface area is 109 Å². The molecule has 1 aliphatic heterocycles. The van der Waals surface area contributed by atoms with Crippen molar-refractivity contribution in [1.82, 2.24) is 4.90 Å². The van der Waals surface area contributed by atoms with E-state index in [0.717, 1.165) is 32.4 Å². The van der Waals surface area contributed by atoms with Gasteiger partial charge in [0.15, 0.2) is 0 Å². The van der Waals surface area contributed by atoms with Gasteiger partial charge in [-0.2, -0.15) is 11.8 Å². The average Bonchev–Trinajstić information content (AvgIpc) is 2.61. The van der Waals surface area contributed by atoms with Gasteiger partial charge in [0.25, 0.3) is 0 Å². The van der Waals surface area contributed by atoms with Crippen molar-refractivity contribution in [3.63, 3.8) is 0 Å². The third-order valence-electron chi connectivity index (χ3n) is 3.86. The molecule has 1 rings (SSSR count). The Hall–Kier alpha value is -0.220. The monoisotopic (exact) mass is 258 g/mol. The van der Waals surface area contributed by atoms with Crippen LogP contribution in [-0.4, -0.2) is 41.4 Å². The summed E-state index contributed by atoms with van der Waals surface area (Å²) in [4.78, 5) is 14.2. The van der Waals surface area contributed by atoms with Gasteiger partial charge in [-0.05, 0) is 31.4 Å². The predicted octanol–water partition coefficient (Wildman–Crippen LogP) is 2.10. The molecule has 0 aromatic heterocycles. The van der Waals surface area contributed by atoms with E-state index < -0.39 is 0 Å². The lowest BCUT2D eigenvalue weighted by molar-refractivity contribution is -0.133. The quantitative estimate of drug-likeness (QED) is 0.840. The zero-order chi connectivity index (χ0) is 12.8. The molecule has 0 radical (unpaired) electrons. The fourth-order valence-corrected chi connectivity index (χ4v) is 2.97. The molecule has 0 aromatic carbocycles. The number of nitrogens with zero attached hydrogens (tertiary/aromatic N) is 1. The van der Waals surface area contributed by atoms with Crippen LogP contribution in [0.2, 0.25) is 0 Å². The van der Waals surface area contributed by atoms with Gasteiger partial charge in [-0.3, -0.25) is 4.79 Å². The maximum atomic E-state index is 12.2. The Kier molecular flexibility index (Phi) is 6.34. The normalized spacial score (nSPS) is 25.2. The summed E-state index contributed by atoms with van der Waals surface area (Å²) in [5.74, 6) is 0.434. The molecule has 17 heavy (non-hydrogen) atoms.